The highest BCUT2D eigenvalue weighted by molar-refractivity contribution is 5.93. The van der Waals surface area contributed by atoms with E-state index in [0.29, 0.717) is 6.42 Å². The van der Waals surface area contributed by atoms with E-state index in [1.165, 1.54) is 0 Å². The highest BCUT2D eigenvalue weighted by atomic mass is 16.6. The summed E-state index contributed by atoms with van der Waals surface area (Å²) in [6.07, 6.45) is 2.35. The maximum absolute atomic E-state index is 12.5. The first-order valence-corrected chi connectivity index (χ1v) is 9.41. The Kier molecular flexibility index (Phi) is 6.19. The first-order valence-electron chi connectivity index (χ1n) is 9.41. The molecular formula is C21H25N3O3. The Hall–Kier alpha value is -2.73. The van der Waals surface area contributed by atoms with E-state index in [-0.39, 0.29) is 22.6 Å². The van der Waals surface area contributed by atoms with Crippen LogP contribution in [0.4, 0.5) is 11.4 Å². The number of rotatable bonds is 6. The molecule has 3 rings (SSSR count). The van der Waals surface area contributed by atoms with Crippen LogP contribution in [-0.4, -0.2) is 34.9 Å². The highest BCUT2D eigenvalue weighted by Gasteiger charge is 2.28. The van der Waals surface area contributed by atoms with Gasteiger partial charge in [0.05, 0.1) is 4.92 Å². The molecule has 0 aliphatic carbocycles. The van der Waals surface area contributed by atoms with E-state index < -0.39 is 0 Å². The molecule has 1 amide bonds. The number of nitro groups is 1. The van der Waals surface area contributed by atoms with Crippen molar-refractivity contribution in [3.05, 3.63) is 70.3 Å². The lowest BCUT2D eigenvalue weighted by molar-refractivity contribution is -0.384. The normalized spacial score (nSPS) is 15.4. The van der Waals surface area contributed by atoms with E-state index in [1.54, 1.807) is 12.1 Å². The molecule has 0 N–H and O–H groups in total. The second-order valence-corrected chi connectivity index (χ2v) is 6.88. The van der Waals surface area contributed by atoms with Crippen molar-refractivity contribution in [3.8, 4) is 0 Å². The summed E-state index contributed by atoms with van der Waals surface area (Å²) in [4.78, 5) is 27.2. The molecule has 0 aromatic heterocycles. The molecule has 1 saturated heterocycles. The van der Waals surface area contributed by atoms with E-state index in [2.05, 4.69) is 4.90 Å². The van der Waals surface area contributed by atoms with Gasteiger partial charge in [-0.05, 0) is 30.5 Å². The molecule has 6 nitrogen and oxygen atoms in total. The van der Waals surface area contributed by atoms with Crippen LogP contribution in [0.25, 0.3) is 0 Å². The third-order valence-corrected chi connectivity index (χ3v) is 5.08. The van der Waals surface area contributed by atoms with Crippen molar-refractivity contribution < 1.29 is 9.72 Å². The van der Waals surface area contributed by atoms with Gasteiger partial charge in [0.2, 0.25) is 5.91 Å². The molecule has 27 heavy (non-hydrogen) atoms. The number of hydrogen-bond acceptors (Lipinski definition) is 4. The molecule has 0 saturated carbocycles. The van der Waals surface area contributed by atoms with Gasteiger partial charge < -0.3 is 4.90 Å². The number of likely N-dealkylation sites (tertiary alicyclic amines) is 1. The van der Waals surface area contributed by atoms with E-state index >= 15 is 0 Å². The lowest BCUT2D eigenvalue weighted by Gasteiger charge is -2.38. The van der Waals surface area contributed by atoms with Crippen LogP contribution in [0, 0.1) is 10.1 Å². The van der Waals surface area contributed by atoms with Crippen molar-refractivity contribution in [2.24, 2.45) is 0 Å². The van der Waals surface area contributed by atoms with Gasteiger partial charge in [-0.25, -0.2) is 0 Å². The molecule has 1 fully saturated rings. The fourth-order valence-electron chi connectivity index (χ4n) is 3.63. The van der Waals surface area contributed by atoms with Crippen molar-refractivity contribution in [2.45, 2.75) is 38.8 Å². The molecule has 142 valence electrons. The van der Waals surface area contributed by atoms with Crippen molar-refractivity contribution in [1.82, 2.24) is 4.90 Å². The molecule has 1 aliphatic rings. The third kappa shape index (κ3) is 4.71. The summed E-state index contributed by atoms with van der Waals surface area (Å²) in [6, 6.07) is 16.9. The number of benzene rings is 2. The Morgan fingerprint density at radius 3 is 2.30 bits per heavy atom. The van der Waals surface area contributed by atoms with Crippen LogP contribution in [0.15, 0.2) is 54.6 Å². The summed E-state index contributed by atoms with van der Waals surface area (Å²) < 4.78 is 0. The molecule has 1 aliphatic heterocycles. The van der Waals surface area contributed by atoms with Gasteiger partial charge in [0.1, 0.15) is 0 Å². The predicted molar refractivity (Wildman–Crippen MR) is 106 cm³/mol. The lowest BCUT2D eigenvalue weighted by Crippen LogP contribution is -2.47. The lowest BCUT2D eigenvalue weighted by atomic mass is 10.0. The summed E-state index contributed by atoms with van der Waals surface area (Å²) >= 11 is 0. The van der Waals surface area contributed by atoms with Crippen molar-refractivity contribution in [3.63, 3.8) is 0 Å². The van der Waals surface area contributed by atoms with Gasteiger partial charge in [0.25, 0.3) is 5.69 Å². The minimum atomic E-state index is -0.377. The predicted octanol–water partition coefficient (Wildman–Crippen LogP) is 4.00. The van der Waals surface area contributed by atoms with Crippen molar-refractivity contribution in [1.29, 1.82) is 0 Å². The van der Waals surface area contributed by atoms with Gasteiger partial charge in [-0.2, -0.15) is 0 Å². The van der Waals surface area contributed by atoms with Crippen LogP contribution in [0.3, 0.4) is 0 Å². The fraction of sp³-hybridized carbons (Fsp3) is 0.381. The molecular weight excluding hydrogens is 342 g/mol. The molecule has 0 bridgehead atoms. The number of nitrogens with zero attached hydrogens (tertiary/aromatic N) is 3. The summed E-state index contributed by atoms with van der Waals surface area (Å²) in [7, 11) is 0. The van der Waals surface area contributed by atoms with Gasteiger partial charge in [0.15, 0.2) is 0 Å². The molecule has 2 aromatic carbocycles. The first kappa shape index (κ1) is 19.0. The quantitative estimate of drug-likeness (QED) is 0.572. The maximum Gasteiger partial charge on any atom is 0.269 e. The molecule has 2 aromatic rings. The number of amides is 1. The number of anilines is 1. The van der Waals surface area contributed by atoms with Crippen LogP contribution in [0.2, 0.25) is 0 Å². The van der Waals surface area contributed by atoms with E-state index in [9.17, 15) is 14.9 Å². The number of non-ortho nitro benzene ring substituents is 1. The summed E-state index contributed by atoms with van der Waals surface area (Å²) in [6.45, 7) is 4.49. The number of nitro benzene ring substituents is 1. The third-order valence-electron chi connectivity index (χ3n) is 5.08. The van der Waals surface area contributed by atoms with Crippen molar-refractivity contribution >= 4 is 17.3 Å². The topological polar surface area (TPSA) is 66.7 Å². The SMILES string of the molecule is CCC(=O)N(c1ccccc1)C1CCN(Cc2ccc([N+](=O)[O-])cc2)CC1. The average molecular weight is 367 g/mol. The Bertz CT molecular complexity index is 769. The zero-order chi connectivity index (χ0) is 19.2. The smallest absolute Gasteiger partial charge is 0.269 e. The molecule has 0 radical (unpaired) electrons. The second-order valence-electron chi connectivity index (χ2n) is 6.88. The minimum Gasteiger partial charge on any atom is -0.309 e. The molecule has 0 atom stereocenters. The van der Waals surface area contributed by atoms with Crippen LogP contribution >= 0.6 is 0 Å². The summed E-state index contributed by atoms with van der Waals surface area (Å²) in [5, 5.41) is 10.8. The van der Waals surface area contributed by atoms with Gasteiger partial charge in [-0.1, -0.05) is 37.3 Å². The number of hydrogen-bond donors (Lipinski definition) is 0. The number of piperidine rings is 1. The number of carbonyl (C=O) groups is 1. The van der Waals surface area contributed by atoms with Gasteiger partial charge in [-0.15, -0.1) is 0 Å². The molecule has 0 spiro atoms. The highest BCUT2D eigenvalue weighted by Crippen LogP contribution is 2.25. The summed E-state index contributed by atoms with van der Waals surface area (Å²) in [5.41, 5.74) is 2.16. The Balaban J connectivity index is 1.61. The number of para-hydroxylation sites is 1. The Morgan fingerprint density at radius 2 is 1.74 bits per heavy atom. The molecule has 0 unspecified atom stereocenters. The minimum absolute atomic E-state index is 0.119. The van der Waals surface area contributed by atoms with Crippen molar-refractivity contribution in [2.75, 3.05) is 18.0 Å². The fourth-order valence-corrected chi connectivity index (χ4v) is 3.63. The van der Waals surface area contributed by atoms with Crippen LogP contribution in [0.5, 0.6) is 0 Å². The Labute approximate surface area is 159 Å². The monoisotopic (exact) mass is 367 g/mol. The molecule has 6 heteroatoms. The first-order chi connectivity index (χ1) is 13.1. The summed E-state index contributed by atoms with van der Waals surface area (Å²) in [5.74, 6) is 0.162. The van der Waals surface area contributed by atoms with E-state index in [1.807, 2.05) is 54.3 Å². The second kappa shape index (κ2) is 8.77. The zero-order valence-corrected chi connectivity index (χ0v) is 15.6. The number of carbonyl (C=O) groups excluding carboxylic acids is 1. The Morgan fingerprint density at radius 1 is 1.11 bits per heavy atom. The van der Waals surface area contributed by atoms with E-state index in [0.717, 1.165) is 43.7 Å². The molecule has 1 heterocycles. The van der Waals surface area contributed by atoms with Crippen LogP contribution < -0.4 is 4.90 Å². The van der Waals surface area contributed by atoms with E-state index in [4.69, 9.17) is 0 Å². The average Bonchev–Trinajstić information content (AvgIpc) is 2.70. The standard InChI is InChI=1S/C21H25N3O3/c1-2-21(25)23(18-6-4-3-5-7-18)19-12-14-22(15-13-19)16-17-8-10-20(11-9-17)24(26)27/h3-11,19H,2,12-16H2,1H3. The zero-order valence-electron chi connectivity index (χ0n) is 15.6. The largest absolute Gasteiger partial charge is 0.309 e. The maximum atomic E-state index is 12.5. The van der Waals surface area contributed by atoms with Gasteiger partial charge >= 0.3 is 0 Å². The van der Waals surface area contributed by atoms with Gasteiger partial charge in [-0.3, -0.25) is 19.8 Å². The van der Waals surface area contributed by atoms with Crippen LogP contribution in [0.1, 0.15) is 31.7 Å². The van der Waals surface area contributed by atoms with Crippen LogP contribution in [-0.2, 0) is 11.3 Å². The van der Waals surface area contributed by atoms with Gasteiger partial charge in [0, 0.05) is 49.9 Å².